The molecule has 0 saturated carbocycles. The molecule has 0 aliphatic carbocycles. The highest BCUT2D eigenvalue weighted by atomic mass is 16.5. The van der Waals surface area contributed by atoms with Crippen molar-refractivity contribution in [3.05, 3.63) is 53.9 Å². The van der Waals surface area contributed by atoms with Gasteiger partial charge in [-0.05, 0) is 12.5 Å². The number of ether oxygens (including phenoxy) is 1. The molecule has 1 fully saturated rings. The van der Waals surface area contributed by atoms with E-state index in [0.717, 1.165) is 30.2 Å². The summed E-state index contributed by atoms with van der Waals surface area (Å²) in [5.41, 5.74) is 2.11. The van der Waals surface area contributed by atoms with E-state index in [1.54, 1.807) is 4.68 Å². The predicted octanol–water partition coefficient (Wildman–Crippen LogP) is 1.08. The van der Waals surface area contributed by atoms with E-state index in [2.05, 4.69) is 25.6 Å². The van der Waals surface area contributed by atoms with Crippen molar-refractivity contribution in [1.82, 2.24) is 25.3 Å². The van der Waals surface area contributed by atoms with Gasteiger partial charge in [0.2, 0.25) is 5.91 Å². The molecule has 150 valence electrons. The zero-order chi connectivity index (χ0) is 19.8. The van der Waals surface area contributed by atoms with Gasteiger partial charge in [0.15, 0.2) is 5.96 Å². The van der Waals surface area contributed by atoms with Crippen molar-refractivity contribution >= 4 is 11.9 Å². The van der Waals surface area contributed by atoms with Crippen molar-refractivity contribution in [3.8, 4) is 0 Å². The van der Waals surface area contributed by atoms with Crippen LogP contribution in [0.5, 0.6) is 0 Å². The highest BCUT2D eigenvalue weighted by Crippen LogP contribution is 2.21. The number of amides is 1. The molecule has 3 rings (SSSR count). The van der Waals surface area contributed by atoms with E-state index in [1.165, 1.54) is 0 Å². The van der Waals surface area contributed by atoms with Gasteiger partial charge in [-0.2, -0.15) is 5.10 Å². The number of carbonyl (C=O) groups excluding carboxylic acids is 1. The van der Waals surface area contributed by atoms with Crippen LogP contribution in [0.4, 0.5) is 0 Å². The van der Waals surface area contributed by atoms with Crippen molar-refractivity contribution in [1.29, 1.82) is 0 Å². The minimum Gasteiger partial charge on any atom is -0.370 e. The standard InChI is InChI=1S/C20H28N6O2/c1-3-21-20(23-13-19(27)22-11-16-7-5-4-6-8-16)26-9-10-28-18(15-26)17-12-24-25(2)14-17/h4-8,12,14,18H,3,9-11,13,15H2,1-2H3,(H,21,23)(H,22,27). The third-order valence-corrected chi connectivity index (χ3v) is 4.50. The lowest BCUT2D eigenvalue weighted by atomic mass is 10.1. The topological polar surface area (TPSA) is 83.8 Å². The van der Waals surface area contributed by atoms with E-state index < -0.39 is 0 Å². The summed E-state index contributed by atoms with van der Waals surface area (Å²) in [6.07, 6.45) is 3.74. The average Bonchev–Trinajstić information content (AvgIpc) is 3.17. The zero-order valence-corrected chi connectivity index (χ0v) is 16.5. The summed E-state index contributed by atoms with van der Waals surface area (Å²) in [4.78, 5) is 18.9. The maximum absolute atomic E-state index is 12.2. The van der Waals surface area contributed by atoms with Gasteiger partial charge in [0.05, 0.1) is 19.3 Å². The third-order valence-electron chi connectivity index (χ3n) is 4.50. The molecule has 1 aliphatic heterocycles. The van der Waals surface area contributed by atoms with Crippen LogP contribution in [-0.4, -0.2) is 59.3 Å². The molecular formula is C20H28N6O2. The molecule has 2 N–H and O–H groups in total. The fourth-order valence-corrected chi connectivity index (χ4v) is 3.07. The monoisotopic (exact) mass is 384 g/mol. The Morgan fingerprint density at radius 3 is 2.86 bits per heavy atom. The van der Waals surface area contributed by atoms with Gasteiger partial charge in [0.25, 0.3) is 0 Å². The van der Waals surface area contributed by atoms with E-state index in [-0.39, 0.29) is 18.6 Å². The van der Waals surface area contributed by atoms with Crippen molar-refractivity contribution in [2.24, 2.45) is 12.0 Å². The Labute approximate surface area is 165 Å². The summed E-state index contributed by atoms with van der Waals surface area (Å²) in [6.45, 7) is 5.35. The van der Waals surface area contributed by atoms with Crippen LogP contribution in [0, 0.1) is 0 Å². The molecule has 2 heterocycles. The van der Waals surface area contributed by atoms with E-state index >= 15 is 0 Å². The molecule has 8 nitrogen and oxygen atoms in total. The number of rotatable bonds is 6. The summed E-state index contributed by atoms with van der Waals surface area (Å²) < 4.78 is 7.66. The van der Waals surface area contributed by atoms with Crippen LogP contribution >= 0.6 is 0 Å². The van der Waals surface area contributed by atoms with E-state index in [1.807, 2.05) is 56.7 Å². The lowest BCUT2D eigenvalue weighted by molar-refractivity contribution is -0.119. The molecule has 1 atom stereocenters. The van der Waals surface area contributed by atoms with Crippen LogP contribution in [0.2, 0.25) is 0 Å². The molecular weight excluding hydrogens is 356 g/mol. The number of nitrogens with zero attached hydrogens (tertiary/aromatic N) is 4. The zero-order valence-electron chi connectivity index (χ0n) is 16.5. The number of guanidine groups is 1. The quantitative estimate of drug-likeness (QED) is 0.575. The van der Waals surface area contributed by atoms with Crippen LogP contribution in [-0.2, 0) is 23.1 Å². The van der Waals surface area contributed by atoms with Crippen molar-refractivity contribution in [2.45, 2.75) is 19.6 Å². The fraction of sp³-hybridized carbons (Fsp3) is 0.450. The second-order valence-corrected chi connectivity index (χ2v) is 6.69. The second kappa shape index (κ2) is 9.89. The first kappa shape index (κ1) is 19.9. The Morgan fingerprint density at radius 1 is 1.32 bits per heavy atom. The Morgan fingerprint density at radius 2 is 2.14 bits per heavy atom. The summed E-state index contributed by atoms with van der Waals surface area (Å²) in [5.74, 6) is 0.630. The largest absolute Gasteiger partial charge is 0.370 e. The lowest BCUT2D eigenvalue weighted by Crippen LogP contribution is -2.48. The molecule has 0 bridgehead atoms. The van der Waals surface area contributed by atoms with Gasteiger partial charge in [0, 0.05) is 38.4 Å². The highest BCUT2D eigenvalue weighted by molar-refractivity contribution is 5.85. The molecule has 1 saturated heterocycles. The second-order valence-electron chi connectivity index (χ2n) is 6.69. The molecule has 2 aromatic rings. The Balaban J connectivity index is 1.57. The van der Waals surface area contributed by atoms with E-state index in [9.17, 15) is 4.79 Å². The van der Waals surface area contributed by atoms with Crippen LogP contribution < -0.4 is 10.6 Å². The summed E-state index contributed by atoms with van der Waals surface area (Å²) in [5, 5.41) is 10.4. The van der Waals surface area contributed by atoms with Crippen LogP contribution in [0.25, 0.3) is 0 Å². The summed E-state index contributed by atoms with van der Waals surface area (Å²) in [6, 6.07) is 9.85. The van der Waals surface area contributed by atoms with Gasteiger partial charge in [-0.1, -0.05) is 30.3 Å². The molecule has 1 amide bonds. The average molecular weight is 384 g/mol. The summed E-state index contributed by atoms with van der Waals surface area (Å²) in [7, 11) is 1.89. The maximum Gasteiger partial charge on any atom is 0.242 e. The molecule has 1 unspecified atom stereocenters. The minimum atomic E-state index is -0.101. The first-order valence-corrected chi connectivity index (χ1v) is 9.59. The SMILES string of the molecule is CCNC(=NCC(=O)NCc1ccccc1)N1CCOC(c2cnn(C)c2)C1. The third kappa shape index (κ3) is 5.56. The molecule has 8 heteroatoms. The number of hydrogen-bond acceptors (Lipinski definition) is 4. The van der Waals surface area contributed by atoms with Gasteiger partial charge in [-0.3, -0.25) is 9.48 Å². The number of aromatic nitrogens is 2. The van der Waals surface area contributed by atoms with Crippen LogP contribution in [0.3, 0.4) is 0 Å². The van der Waals surface area contributed by atoms with Gasteiger partial charge in [0.1, 0.15) is 12.6 Å². The first-order valence-electron chi connectivity index (χ1n) is 9.59. The molecule has 28 heavy (non-hydrogen) atoms. The maximum atomic E-state index is 12.2. The predicted molar refractivity (Wildman–Crippen MR) is 108 cm³/mol. The number of morpholine rings is 1. The first-order chi connectivity index (χ1) is 13.7. The van der Waals surface area contributed by atoms with Crippen LogP contribution in [0.1, 0.15) is 24.2 Å². The highest BCUT2D eigenvalue weighted by Gasteiger charge is 2.25. The Kier molecular flexibility index (Phi) is 7.02. The normalized spacial score (nSPS) is 17.4. The smallest absolute Gasteiger partial charge is 0.242 e. The molecule has 0 spiro atoms. The summed E-state index contributed by atoms with van der Waals surface area (Å²) >= 11 is 0. The number of hydrogen-bond donors (Lipinski definition) is 2. The van der Waals surface area contributed by atoms with Crippen molar-refractivity contribution in [2.75, 3.05) is 32.8 Å². The molecule has 1 aromatic carbocycles. The van der Waals surface area contributed by atoms with Crippen LogP contribution in [0.15, 0.2) is 47.7 Å². The van der Waals surface area contributed by atoms with E-state index in [0.29, 0.717) is 19.7 Å². The molecule has 0 radical (unpaired) electrons. The van der Waals surface area contributed by atoms with Gasteiger partial charge >= 0.3 is 0 Å². The van der Waals surface area contributed by atoms with Crippen molar-refractivity contribution < 1.29 is 9.53 Å². The van der Waals surface area contributed by atoms with Gasteiger partial charge in [-0.15, -0.1) is 0 Å². The fourth-order valence-electron chi connectivity index (χ4n) is 3.07. The Bertz CT molecular complexity index is 789. The number of benzene rings is 1. The van der Waals surface area contributed by atoms with Gasteiger partial charge < -0.3 is 20.3 Å². The van der Waals surface area contributed by atoms with Gasteiger partial charge in [-0.25, -0.2) is 4.99 Å². The minimum absolute atomic E-state index is 0.0572. The number of carbonyl (C=O) groups is 1. The number of aliphatic imine (C=N–C) groups is 1. The number of nitrogens with one attached hydrogen (secondary N) is 2. The molecule has 1 aromatic heterocycles. The Hall–Kier alpha value is -2.87. The number of aryl methyl sites for hydroxylation is 1. The van der Waals surface area contributed by atoms with E-state index in [4.69, 9.17) is 4.74 Å². The lowest BCUT2D eigenvalue weighted by Gasteiger charge is -2.34. The van der Waals surface area contributed by atoms with Crippen molar-refractivity contribution in [3.63, 3.8) is 0 Å². The molecule has 1 aliphatic rings.